The van der Waals surface area contributed by atoms with Gasteiger partial charge in [-0.15, -0.1) is 0 Å². The third kappa shape index (κ3) is 18.0. The van der Waals surface area contributed by atoms with Crippen molar-refractivity contribution in [3.8, 4) is 5.75 Å². The molecule has 13 heterocycles. The number of para-hydroxylation sites is 1. The average molecular weight is 1800 g/mol. The Kier molecular flexibility index (Phi) is 28.7. The van der Waals surface area contributed by atoms with Crippen LogP contribution in [-0.4, -0.2) is 331 Å². The maximum atomic E-state index is 15.2. The second-order valence-corrected chi connectivity index (χ2v) is 39.6. The normalized spacial score (nSPS) is 22.0. The zero-order valence-corrected chi connectivity index (χ0v) is 78.2. The van der Waals surface area contributed by atoms with Crippen LogP contribution in [0.25, 0.3) is 0 Å². The van der Waals surface area contributed by atoms with Crippen LogP contribution in [0.4, 0.5) is 61.8 Å². The Morgan fingerprint density at radius 1 is 0.414 bits per heavy atom. The van der Waals surface area contributed by atoms with Gasteiger partial charge in [-0.3, -0.25) is 24.0 Å². The summed E-state index contributed by atoms with van der Waals surface area (Å²) in [4.78, 5) is 94.7. The molecule has 13 aliphatic rings. The topological polar surface area (TPSA) is 204 Å². The lowest BCUT2D eigenvalue weighted by atomic mass is 9.73. The van der Waals surface area contributed by atoms with E-state index < -0.39 is 38.9 Å². The number of benzene rings is 6. The van der Waals surface area contributed by atoms with E-state index in [1.54, 1.807) is 66.9 Å². The quantitative estimate of drug-likeness (QED) is 0.103. The van der Waals surface area contributed by atoms with Crippen LogP contribution in [0.3, 0.4) is 0 Å². The van der Waals surface area contributed by atoms with E-state index in [9.17, 15) is 51.7 Å². The molecule has 3 N–H and O–H groups in total. The molecule has 6 spiro atoms. The van der Waals surface area contributed by atoms with Gasteiger partial charge < -0.3 is 93.6 Å². The summed E-state index contributed by atoms with van der Waals surface area (Å²) in [6.45, 7) is 20.7. The van der Waals surface area contributed by atoms with Crippen LogP contribution in [0, 0.1) is 29.1 Å². The first-order valence-corrected chi connectivity index (χ1v) is 46.1. The van der Waals surface area contributed by atoms with Crippen molar-refractivity contribution in [2.45, 2.75) is 129 Å². The molecule has 0 atom stereocenters. The monoisotopic (exact) mass is 1790 g/mol. The molecular formula is C98H133ClF5N15O9. The minimum Gasteiger partial charge on any atom is -0.490 e. The lowest BCUT2D eigenvalue weighted by molar-refractivity contribution is -0.126. The van der Waals surface area contributed by atoms with E-state index in [2.05, 4.69) is 90.5 Å². The fourth-order valence-corrected chi connectivity index (χ4v) is 22.7. The number of carbonyl (C=O) groups is 5. The number of piperidine rings is 6. The molecule has 6 aromatic carbocycles. The summed E-state index contributed by atoms with van der Waals surface area (Å²) in [6, 6.07) is 28.0. The van der Waals surface area contributed by atoms with Gasteiger partial charge in [-0.1, -0.05) is 41.9 Å². The van der Waals surface area contributed by atoms with Crippen LogP contribution in [0.5, 0.6) is 5.75 Å². The van der Waals surface area contributed by atoms with Crippen molar-refractivity contribution in [3.05, 3.63) is 165 Å². The number of fused-ring (bicyclic) bond motifs is 12. The number of piperazine rings is 1. The molecular weight excluding hydrogens is 1660 g/mol. The Balaban J connectivity index is 0.000000125. The van der Waals surface area contributed by atoms with Crippen LogP contribution in [0.15, 0.2) is 97.1 Å². The highest BCUT2D eigenvalue weighted by Crippen LogP contribution is 2.57. The van der Waals surface area contributed by atoms with Crippen molar-refractivity contribution in [2.75, 3.05) is 276 Å². The minimum absolute atomic E-state index is 0.00633. The van der Waals surface area contributed by atoms with Crippen LogP contribution in [0.2, 0.25) is 5.02 Å². The number of hydrogen-bond acceptors (Lipinski definition) is 19. The fraction of sp³-hybridized carbons (Fsp3) is 0.582. The average Bonchev–Trinajstić information content (AvgIpc) is 1.56. The first-order chi connectivity index (χ1) is 60.8. The van der Waals surface area contributed by atoms with Crippen molar-refractivity contribution < 1.29 is 66.0 Å². The number of hydrogen-bond donors (Lipinski definition) is 3. The number of halogens is 6. The van der Waals surface area contributed by atoms with E-state index in [1.165, 1.54) is 39.9 Å². The summed E-state index contributed by atoms with van der Waals surface area (Å²) in [5.74, 6) is -1.54. The molecule has 128 heavy (non-hydrogen) atoms. The van der Waals surface area contributed by atoms with Crippen LogP contribution in [-0.2, 0) is 56.5 Å². The number of rotatable bonds is 11. The summed E-state index contributed by atoms with van der Waals surface area (Å²) >= 11 is 6.49. The molecule has 30 heteroatoms. The molecule has 0 bridgehead atoms. The number of β-amino-alcohol motifs (C(OH)–C–C–N with tert-alkyl or cyclic N) is 3. The predicted molar refractivity (Wildman–Crippen MR) is 495 cm³/mol. The molecule has 0 aromatic heterocycles. The van der Waals surface area contributed by atoms with Gasteiger partial charge in [0.05, 0.1) is 75.2 Å². The molecule has 0 aliphatic carbocycles. The second-order valence-electron chi connectivity index (χ2n) is 39.2. The molecule has 24 nitrogen and oxygen atoms in total. The predicted octanol–water partition coefficient (Wildman–Crippen LogP) is 10.1. The minimum atomic E-state index is -1.02. The van der Waals surface area contributed by atoms with Gasteiger partial charge in [-0.05, 0) is 299 Å². The Bertz CT molecular complexity index is 5040. The van der Waals surface area contributed by atoms with Gasteiger partial charge in [0.25, 0.3) is 0 Å². The molecule has 696 valence electrons. The number of carbonyl (C=O) groups excluding carboxylic acids is 5. The molecule has 0 saturated carbocycles. The molecule has 13 aliphatic heterocycles. The summed E-state index contributed by atoms with van der Waals surface area (Å²) in [7, 11) is 23.9. The highest BCUT2D eigenvalue weighted by molar-refractivity contribution is 6.32. The Morgan fingerprint density at radius 3 is 1.38 bits per heavy atom. The van der Waals surface area contributed by atoms with Crippen LogP contribution >= 0.6 is 11.6 Å². The summed E-state index contributed by atoms with van der Waals surface area (Å²) in [6.07, 6.45) is 9.18. The number of likely N-dealkylation sites (N-methyl/N-ethyl adjacent to an activating group) is 5. The highest BCUT2D eigenvalue weighted by Gasteiger charge is 2.59. The molecule has 19 rings (SSSR count). The Hall–Kier alpha value is -8.43. The van der Waals surface area contributed by atoms with Crippen molar-refractivity contribution in [3.63, 3.8) is 0 Å². The number of ether oxygens (including phenoxy) is 1. The number of amides is 5. The van der Waals surface area contributed by atoms with Gasteiger partial charge >= 0.3 is 0 Å². The molecule has 7 saturated heterocycles. The largest absolute Gasteiger partial charge is 0.490 e. The standard InChI is InChI=1S/C19H27FN4O.C18H26FN3O2.C17H23FN2O2.C15H21ClN2O.C15H18F2N2O2.C14H18N2O/c1-21-6-4-19(5-7-21)17-15(20)12-14(13-16(17)23(3)18(19)25)24-10-8-22(2)9-11-24;1-20(2)11-12-24-14-6-5-13(19)15-16(14)22(4)17(23)18(15)7-9-21(3)10-8-18;1-16(2,22)11-20-13-6-4-5-12(18)14(13)17(15(20)21)7-9-19(3)10-8-17;1-17-7-5-15(6-8-17)11-18(9-10-19)13-4-2-3-12(16)14(13)15;1-18-4-2-15(3-5-18)13-11(17)8-10(16)9-12(13)19(6-7-20)14(15)21;1-15-9-7-14(8-10-15)11-5-3-4-6-12(11)16(2)13(14)17/h12-13H,4-11H2,1-3H3;5-6H,7-12H2,1-4H3;4-6,22H,7-11H2,1-3H3;2-4,19H,5-11H2,1H3;8-9,20H,2-7H2,1H3;3-6H,7-10H2,1-2H3. The van der Waals surface area contributed by atoms with Gasteiger partial charge in [0.15, 0.2) is 0 Å². The van der Waals surface area contributed by atoms with Crippen molar-refractivity contribution in [1.82, 2.24) is 39.2 Å². The summed E-state index contributed by atoms with van der Waals surface area (Å²) < 4.78 is 78.3. The van der Waals surface area contributed by atoms with Gasteiger partial charge in [0.2, 0.25) is 29.5 Å². The smallest absolute Gasteiger partial charge is 0.238 e. The van der Waals surface area contributed by atoms with Crippen molar-refractivity contribution in [2.24, 2.45) is 0 Å². The zero-order valence-electron chi connectivity index (χ0n) is 77.5. The van der Waals surface area contributed by atoms with Gasteiger partial charge in [-0.25, -0.2) is 22.0 Å². The lowest BCUT2D eigenvalue weighted by Gasteiger charge is -2.38. The summed E-state index contributed by atoms with van der Waals surface area (Å²) in [5.41, 5.74) is 5.91. The zero-order chi connectivity index (χ0) is 92.1. The third-order valence-corrected chi connectivity index (χ3v) is 30.3. The molecule has 5 amide bonds. The third-order valence-electron chi connectivity index (χ3n) is 30.0. The number of aliphatic hydroxyl groups excluding tert-OH is 2. The van der Waals surface area contributed by atoms with Crippen molar-refractivity contribution in [1.29, 1.82) is 0 Å². The number of likely N-dealkylation sites (tertiary alicyclic amines) is 6. The fourth-order valence-electron chi connectivity index (χ4n) is 22.4. The van der Waals surface area contributed by atoms with Gasteiger partial charge in [-0.2, -0.15) is 0 Å². The number of aliphatic hydroxyl groups is 3. The van der Waals surface area contributed by atoms with E-state index in [-0.39, 0.29) is 89.8 Å². The lowest BCUT2D eigenvalue weighted by Crippen LogP contribution is -2.50. The highest BCUT2D eigenvalue weighted by atomic mass is 35.5. The van der Waals surface area contributed by atoms with E-state index in [1.807, 2.05) is 82.4 Å². The van der Waals surface area contributed by atoms with E-state index in [0.717, 1.165) is 159 Å². The van der Waals surface area contributed by atoms with Crippen LogP contribution in [0.1, 0.15) is 124 Å². The molecule has 6 aromatic rings. The van der Waals surface area contributed by atoms with Crippen molar-refractivity contribution >= 4 is 80.9 Å². The van der Waals surface area contributed by atoms with Gasteiger partial charge in [0, 0.05) is 135 Å². The second kappa shape index (κ2) is 38.4. The molecule has 0 radical (unpaired) electrons. The molecule has 0 unspecified atom stereocenters. The van der Waals surface area contributed by atoms with Crippen LogP contribution < -0.4 is 39.0 Å². The first kappa shape index (κ1) is 95.6. The van der Waals surface area contributed by atoms with Gasteiger partial charge in [0.1, 0.15) is 41.4 Å². The summed E-state index contributed by atoms with van der Waals surface area (Å²) in [5, 5.41) is 29.4. The number of nitrogens with zero attached hydrogens (tertiary/aromatic N) is 15. The van der Waals surface area contributed by atoms with E-state index >= 15 is 4.39 Å². The van der Waals surface area contributed by atoms with E-state index in [4.69, 9.17) is 21.4 Å². The maximum absolute atomic E-state index is 15.2. The molecule has 7 fully saturated rings. The number of anilines is 7. The Morgan fingerprint density at radius 2 is 0.844 bits per heavy atom. The SMILES string of the molecule is CN(C)CCOc1ccc(F)c2c1N(C)C(=O)C21CCN(C)CC1.CN1CCC2(CC1)C(=O)N(C)c1ccccc12.CN1CCC2(CC1)C(=O)N(CC(C)(C)O)c1cccc(F)c12.CN1CCC2(CC1)C(=O)N(CCO)c1cc(F)cc(F)c12.CN1CCC2(CC1)CN(CCO)c1cccc(Cl)c12.CN1CCN(c2cc(F)c3c(c2)N(C)C(=O)C32CCN(C)CC2)CC1. The maximum Gasteiger partial charge on any atom is 0.238 e. The Labute approximate surface area is 757 Å². The first-order valence-electron chi connectivity index (χ1n) is 45.7. The van der Waals surface area contributed by atoms with E-state index in [0.29, 0.717) is 117 Å².